The summed E-state index contributed by atoms with van der Waals surface area (Å²) < 4.78 is 7.01. The van der Waals surface area contributed by atoms with Gasteiger partial charge < -0.3 is 9.63 Å². The average molecular weight is 294 g/mol. The molecule has 1 N–H and O–H groups in total. The van der Waals surface area contributed by atoms with E-state index >= 15 is 0 Å². The van der Waals surface area contributed by atoms with Crippen LogP contribution in [-0.4, -0.2) is 36.7 Å². The number of carbonyl (C=O) groups is 1. The van der Waals surface area contributed by atoms with E-state index in [0.717, 1.165) is 30.1 Å². The fourth-order valence-corrected chi connectivity index (χ4v) is 2.64. The third kappa shape index (κ3) is 2.84. The minimum Gasteiger partial charge on any atom is -0.481 e. The zero-order chi connectivity index (χ0) is 14.1. The van der Waals surface area contributed by atoms with Crippen molar-refractivity contribution in [2.45, 2.75) is 37.4 Å². The zero-order valence-corrected chi connectivity index (χ0v) is 11.8. The predicted octanol–water partition coefficient (Wildman–Crippen LogP) is 1.68. The fourth-order valence-electron chi connectivity index (χ4n) is 1.98. The van der Waals surface area contributed by atoms with Gasteiger partial charge in [-0.2, -0.15) is 0 Å². The lowest BCUT2D eigenvalue weighted by Crippen LogP contribution is -2.07. The van der Waals surface area contributed by atoms with Gasteiger partial charge in [0.2, 0.25) is 0 Å². The molecule has 3 rings (SSSR count). The summed E-state index contributed by atoms with van der Waals surface area (Å²) >= 11 is 1.18. The standard InChI is InChI=1S/C12H14N4O3S/c1-7-4-9(15-19-7)5-16-11(8-2-3-8)13-14-12(16)20-6-10(17)18/h4,8H,2-3,5-6H2,1H3,(H,17,18). The van der Waals surface area contributed by atoms with E-state index in [1.807, 2.05) is 17.6 Å². The minimum absolute atomic E-state index is 0.0271. The molecular formula is C12H14N4O3S. The van der Waals surface area contributed by atoms with Crippen LogP contribution in [0, 0.1) is 6.92 Å². The molecule has 1 aliphatic carbocycles. The van der Waals surface area contributed by atoms with Gasteiger partial charge in [-0.25, -0.2) is 0 Å². The Labute approximate surface area is 119 Å². The zero-order valence-electron chi connectivity index (χ0n) is 10.9. The quantitative estimate of drug-likeness (QED) is 0.810. The highest BCUT2D eigenvalue weighted by Gasteiger charge is 2.30. The van der Waals surface area contributed by atoms with Gasteiger partial charge in [0, 0.05) is 12.0 Å². The molecule has 0 saturated heterocycles. The summed E-state index contributed by atoms with van der Waals surface area (Å²) in [6.45, 7) is 2.35. The fraction of sp³-hybridized carbons (Fsp3) is 0.500. The van der Waals surface area contributed by atoms with Gasteiger partial charge >= 0.3 is 5.97 Å². The van der Waals surface area contributed by atoms with E-state index < -0.39 is 5.97 Å². The third-order valence-corrected chi connectivity index (χ3v) is 3.96. The van der Waals surface area contributed by atoms with Crippen LogP contribution in [0.4, 0.5) is 0 Å². The van der Waals surface area contributed by atoms with Crippen LogP contribution in [0.3, 0.4) is 0 Å². The van der Waals surface area contributed by atoms with Crippen molar-refractivity contribution in [1.82, 2.24) is 19.9 Å². The van der Waals surface area contributed by atoms with Gasteiger partial charge in [0.05, 0.1) is 12.3 Å². The molecule has 1 saturated carbocycles. The Kier molecular flexibility index (Phi) is 3.47. The predicted molar refractivity (Wildman–Crippen MR) is 70.7 cm³/mol. The van der Waals surface area contributed by atoms with Crippen molar-refractivity contribution in [2.75, 3.05) is 5.75 Å². The van der Waals surface area contributed by atoms with Crippen LogP contribution in [-0.2, 0) is 11.3 Å². The molecule has 1 aliphatic rings. The van der Waals surface area contributed by atoms with Gasteiger partial charge in [-0.3, -0.25) is 9.36 Å². The molecule has 0 bridgehead atoms. The van der Waals surface area contributed by atoms with Crippen LogP contribution in [0.25, 0.3) is 0 Å². The van der Waals surface area contributed by atoms with Crippen LogP contribution in [0.1, 0.15) is 36.0 Å². The number of thioether (sulfide) groups is 1. The highest BCUT2D eigenvalue weighted by atomic mass is 32.2. The maximum Gasteiger partial charge on any atom is 0.313 e. The summed E-state index contributed by atoms with van der Waals surface area (Å²) in [7, 11) is 0. The van der Waals surface area contributed by atoms with E-state index in [4.69, 9.17) is 9.63 Å². The smallest absolute Gasteiger partial charge is 0.313 e. The molecule has 0 radical (unpaired) electrons. The molecule has 8 heteroatoms. The molecule has 1 fully saturated rings. The molecule has 20 heavy (non-hydrogen) atoms. The molecule has 0 atom stereocenters. The maximum absolute atomic E-state index is 10.7. The van der Waals surface area contributed by atoms with Gasteiger partial charge in [-0.05, 0) is 19.8 Å². The Morgan fingerprint density at radius 1 is 1.55 bits per heavy atom. The van der Waals surface area contributed by atoms with Crippen molar-refractivity contribution < 1.29 is 14.4 Å². The van der Waals surface area contributed by atoms with Crippen LogP contribution in [0.15, 0.2) is 15.7 Å². The normalized spacial score (nSPS) is 14.7. The molecule has 2 heterocycles. The number of rotatable bonds is 6. The number of carboxylic acids is 1. The van der Waals surface area contributed by atoms with E-state index in [1.165, 1.54) is 11.8 Å². The number of aromatic nitrogens is 4. The molecule has 0 aromatic carbocycles. The number of hydrogen-bond acceptors (Lipinski definition) is 6. The SMILES string of the molecule is Cc1cc(Cn2c(SCC(=O)O)nnc2C2CC2)no1. The first kappa shape index (κ1) is 13.2. The molecule has 0 unspecified atom stereocenters. The van der Waals surface area contributed by atoms with Crippen molar-refractivity contribution in [1.29, 1.82) is 0 Å². The molecule has 7 nitrogen and oxygen atoms in total. The highest BCUT2D eigenvalue weighted by molar-refractivity contribution is 7.99. The molecular weight excluding hydrogens is 280 g/mol. The Morgan fingerprint density at radius 3 is 2.95 bits per heavy atom. The monoisotopic (exact) mass is 294 g/mol. The largest absolute Gasteiger partial charge is 0.481 e. The molecule has 0 amide bonds. The van der Waals surface area contributed by atoms with E-state index in [1.54, 1.807) is 0 Å². The summed E-state index contributed by atoms with van der Waals surface area (Å²) in [4.78, 5) is 10.7. The lowest BCUT2D eigenvalue weighted by molar-refractivity contribution is -0.133. The van der Waals surface area contributed by atoms with Gasteiger partial charge in [0.15, 0.2) is 5.16 Å². The maximum atomic E-state index is 10.7. The van der Waals surface area contributed by atoms with E-state index in [9.17, 15) is 4.79 Å². The Hall–Kier alpha value is -1.83. The molecule has 2 aromatic heterocycles. The van der Waals surface area contributed by atoms with E-state index in [2.05, 4.69) is 15.4 Å². The number of aryl methyl sites for hydroxylation is 1. The first-order valence-corrected chi connectivity index (χ1v) is 7.32. The third-order valence-electron chi connectivity index (χ3n) is 3.01. The topological polar surface area (TPSA) is 94.0 Å². The van der Waals surface area contributed by atoms with Gasteiger partial charge in [0.1, 0.15) is 17.3 Å². The summed E-state index contributed by atoms with van der Waals surface area (Å²) in [5, 5.41) is 21.7. The number of nitrogens with zero attached hydrogens (tertiary/aromatic N) is 4. The second-order valence-corrected chi connectivity index (χ2v) is 5.76. The summed E-state index contributed by atoms with van der Waals surface area (Å²) in [6.07, 6.45) is 2.22. The second kappa shape index (κ2) is 5.28. The Balaban J connectivity index is 1.84. The Bertz CT molecular complexity index is 632. The first-order chi connectivity index (χ1) is 9.63. The van der Waals surface area contributed by atoms with Crippen molar-refractivity contribution in [2.24, 2.45) is 0 Å². The van der Waals surface area contributed by atoms with Crippen LogP contribution in [0.5, 0.6) is 0 Å². The van der Waals surface area contributed by atoms with Crippen LogP contribution in [0.2, 0.25) is 0 Å². The highest BCUT2D eigenvalue weighted by Crippen LogP contribution is 2.40. The summed E-state index contributed by atoms with van der Waals surface area (Å²) in [5.74, 6) is 1.21. The molecule has 0 spiro atoms. The Morgan fingerprint density at radius 2 is 2.35 bits per heavy atom. The lowest BCUT2D eigenvalue weighted by atomic mass is 10.3. The van der Waals surface area contributed by atoms with Gasteiger partial charge in [0.25, 0.3) is 0 Å². The van der Waals surface area contributed by atoms with Crippen molar-refractivity contribution in [3.05, 3.63) is 23.3 Å². The van der Waals surface area contributed by atoms with Crippen molar-refractivity contribution >= 4 is 17.7 Å². The van der Waals surface area contributed by atoms with Crippen molar-refractivity contribution in [3.63, 3.8) is 0 Å². The van der Waals surface area contributed by atoms with Crippen LogP contribution >= 0.6 is 11.8 Å². The minimum atomic E-state index is -0.866. The number of hydrogen-bond donors (Lipinski definition) is 1. The average Bonchev–Trinajstić information content (AvgIpc) is 3.05. The summed E-state index contributed by atoms with van der Waals surface area (Å²) in [6, 6.07) is 1.86. The number of carboxylic acid groups (broad SMARTS) is 1. The molecule has 0 aliphatic heterocycles. The number of aliphatic carboxylic acids is 1. The van der Waals surface area contributed by atoms with Gasteiger partial charge in [-0.1, -0.05) is 16.9 Å². The van der Waals surface area contributed by atoms with Crippen LogP contribution < -0.4 is 0 Å². The second-order valence-electron chi connectivity index (χ2n) is 4.81. The van der Waals surface area contributed by atoms with E-state index in [0.29, 0.717) is 17.6 Å². The first-order valence-electron chi connectivity index (χ1n) is 6.33. The lowest BCUT2D eigenvalue weighted by Gasteiger charge is -2.06. The molecule has 106 valence electrons. The molecule has 2 aromatic rings. The van der Waals surface area contributed by atoms with Gasteiger partial charge in [-0.15, -0.1) is 10.2 Å². The van der Waals surface area contributed by atoms with E-state index in [-0.39, 0.29) is 5.75 Å². The summed E-state index contributed by atoms with van der Waals surface area (Å²) in [5.41, 5.74) is 0.793. The van der Waals surface area contributed by atoms with Crippen molar-refractivity contribution in [3.8, 4) is 0 Å².